The van der Waals surface area contributed by atoms with Gasteiger partial charge >= 0.3 is 0 Å². The topological polar surface area (TPSA) is 21.3 Å². The zero-order valence-corrected chi connectivity index (χ0v) is 8.12. The normalized spacial score (nSPS) is 17.8. The first-order valence-corrected chi connectivity index (χ1v) is 5.14. The summed E-state index contributed by atoms with van der Waals surface area (Å²) in [6.07, 6.45) is 0. The molecule has 0 bridgehead atoms. The van der Waals surface area contributed by atoms with Crippen LogP contribution in [-0.2, 0) is 11.3 Å². The molecule has 1 fully saturated rings. The molecule has 0 radical (unpaired) electrons. The van der Waals surface area contributed by atoms with E-state index < -0.39 is 0 Å². The van der Waals surface area contributed by atoms with Gasteiger partial charge < -0.3 is 10.1 Å². The fourth-order valence-electron chi connectivity index (χ4n) is 1.04. The van der Waals surface area contributed by atoms with Crippen LogP contribution in [0.15, 0.2) is 11.4 Å². The lowest BCUT2D eigenvalue weighted by Gasteiger charge is -2.26. The summed E-state index contributed by atoms with van der Waals surface area (Å²) in [5.74, 6) is 0. The van der Waals surface area contributed by atoms with E-state index in [9.17, 15) is 0 Å². The van der Waals surface area contributed by atoms with Gasteiger partial charge in [-0.15, -0.1) is 11.3 Å². The van der Waals surface area contributed by atoms with Crippen molar-refractivity contribution in [3.8, 4) is 0 Å². The standard InChI is InChI=1S/C8H10ClNOS/c9-6-1-8(12-5-6)2-10-7-3-11-4-7/h1,5,7,10H,2-4H2. The maximum absolute atomic E-state index is 5.78. The Morgan fingerprint density at radius 2 is 2.50 bits per heavy atom. The zero-order chi connectivity index (χ0) is 8.39. The van der Waals surface area contributed by atoms with E-state index in [1.165, 1.54) is 4.88 Å². The molecule has 0 atom stereocenters. The van der Waals surface area contributed by atoms with E-state index in [4.69, 9.17) is 16.3 Å². The van der Waals surface area contributed by atoms with Crippen LogP contribution in [0.25, 0.3) is 0 Å². The van der Waals surface area contributed by atoms with Gasteiger partial charge in [0.05, 0.1) is 24.3 Å². The van der Waals surface area contributed by atoms with Crippen LogP contribution in [-0.4, -0.2) is 19.3 Å². The van der Waals surface area contributed by atoms with E-state index in [2.05, 4.69) is 5.32 Å². The third kappa shape index (κ3) is 1.98. The first-order valence-electron chi connectivity index (χ1n) is 3.88. The summed E-state index contributed by atoms with van der Waals surface area (Å²) in [7, 11) is 0. The number of rotatable bonds is 3. The molecule has 0 saturated carbocycles. The van der Waals surface area contributed by atoms with Gasteiger partial charge in [0.25, 0.3) is 0 Å². The quantitative estimate of drug-likeness (QED) is 0.810. The molecule has 0 unspecified atom stereocenters. The SMILES string of the molecule is Clc1csc(CNC2COC2)c1. The Balaban J connectivity index is 1.79. The predicted octanol–water partition coefficient (Wildman–Crippen LogP) is 1.89. The number of ether oxygens (including phenoxy) is 1. The summed E-state index contributed by atoms with van der Waals surface area (Å²) < 4.78 is 5.04. The average molecular weight is 204 g/mol. The molecule has 0 aliphatic carbocycles. The van der Waals surface area contributed by atoms with E-state index in [1.54, 1.807) is 11.3 Å². The Morgan fingerprint density at radius 3 is 3.00 bits per heavy atom. The molecule has 1 saturated heterocycles. The molecule has 1 aliphatic heterocycles. The molecular weight excluding hydrogens is 194 g/mol. The van der Waals surface area contributed by atoms with E-state index in [0.717, 1.165) is 24.8 Å². The van der Waals surface area contributed by atoms with Crippen LogP contribution >= 0.6 is 22.9 Å². The van der Waals surface area contributed by atoms with Crippen molar-refractivity contribution < 1.29 is 4.74 Å². The second-order valence-electron chi connectivity index (χ2n) is 2.85. The molecule has 2 nitrogen and oxygen atoms in total. The fourth-order valence-corrected chi connectivity index (χ4v) is 2.07. The zero-order valence-electron chi connectivity index (χ0n) is 6.55. The van der Waals surface area contributed by atoms with Crippen LogP contribution in [0.5, 0.6) is 0 Å². The van der Waals surface area contributed by atoms with Gasteiger partial charge in [0.15, 0.2) is 0 Å². The molecule has 12 heavy (non-hydrogen) atoms. The summed E-state index contributed by atoms with van der Waals surface area (Å²) in [6.45, 7) is 2.60. The summed E-state index contributed by atoms with van der Waals surface area (Å²) in [5, 5.41) is 6.16. The highest BCUT2D eigenvalue weighted by molar-refractivity contribution is 7.10. The molecule has 1 aromatic rings. The van der Waals surface area contributed by atoms with Gasteiger partial charge in [-0.25, -0.2) is 0 Å². The summed E-state index contributed by atoms with van der Waals surface area (Å²) in [6, 6.07) is 2.55. The molecule has 0 aromatic carbocycles. The Hall–Kier alpha value is -0.0900. The smallest absolute Gasteiger partial charge is 0.0643 e. The second-order valence-corrected chi connectivity index (χ2v) is 4.28. The third-order valence-electron chi connectivity index (χ3n) is 1.82. The molecule has 66 valence electrons. The monoisotopic (exact) mass is 203 g/mol. The maximum Gasteiger partial charge on any atom is 0.0643 e. The molecular formula is C8H10ClNOS. The molecule has 1 aromatic heterocycles. The molecule has 2 rings (SSSR count). The van der Waals surface area contributed by atoms with Crippen LogP contribution in [0.1, 0.15) is 4.88 Å². The second kappa shape index (κ2) is 3.75. The lowest BCUT2D eigenvalue weighted by molar-refractivity contribution is -0.00567. The number of nitrogens with one attached hydrogen (secondary N) is 1. The predicted molar refractivity (Wildman–Crippen MR) is 50.8 cm³/mol. The lowest BCUT2D eigenvalue weighted by atomic mass is 10.2. The van der Waals surface area contributed by atoms with Crippen LogP contribution in [0.3, 0.4) is 0 Å². The third-order valence-corrected chi connectivity index (χ3v) is 3.11. The Bertz CT molecular complexity index is 259. The van der Waals surface area contributed by atoms with Crippen molar-refractivity contribution in [3.63, 3.8) is 0 Å². The lowest BCUT2D eigenvalue weighted by Crippen LogP contribution is -2.45. The van der Waals surface area contributed by atoms with Crippen molar-refractivity contribution in [3.05, 3.63) is 21.3 Å². The summed E-state index contributed by atoms with van der Waals surface area (Å²) in [5.41, 5.74) is 0. The van der Waals surface area contributed by atoms with Gasteiger partial charge in [-0.3, -0.25) is 0 Å². The van der Waals surface area contributed by atoms with Crippen molar-refractivity contribution in [1.82, 2.24) is 5.32 Å². The highest BCUT2D eigenvalue weighted by atomic mass is 35.5. The minimum absolute atomic E-state index is 0.547. The van der Waals surface area contributed by atoms with Gasteiger partial charge in [0.1, 0.15) is 0 Å². The van der Waals surface area contributed by atoms with Crippen molar-refractivity contribution >= 4 is 22.9 Å². The van der Waals surface area contributed by atoms with Crippen LogP contribution in [0.4, 0.5) is 0 Å². The highest BCUT2D eigenvalue weighted by Crippen LogP contribution is 2.19. The molecule has 2 heterocycles. The van der Waals surface area contributed by atoms with Crippen molar-refractivity contribution in [2.24, 2.45) is 0 Å². The van der Waals surface area contributed by atoms with Crippen LogP contribution < -0.4 is 5.32 Å². The van der Waals surface area contributed by atoms with E-state index in [0.29, 0.717) is 6.04 Å². The van der Waals surface area contributed by atoms with E-state index in [-0.39, 0.29) is 0 Å². The molecule has 0 amide bonds. The van der Waals surface area contributed by atoms with Crippen LogP contribution in [0.2, 0.25) is 5.02 Å². The molecule has 0 spiro atoms. The summed E-state index contributed by atoms with van der Waals surface area (Å²) in [4.78, 5) is 1.28. The minimum Gasteiger partial charge on any atom is -0.378 e. The van der Waals surface area contributed by atoms with Crippen LogP contribution in [0, 0.1) is 0 Å². The average Bonchev–Trinajstić information content (AvgIpc) is 2.32. The minimum atomic E-state index is 0.547. The van der Waals surface area contributed by atoms with E-state index in [1.807, 2.05) is 11.4 Å². The number of hydrogen-bond donors (Lipinski definition) is 1. The van der Waals surface area contributed by atoms with Crippen molar-refractivity contribution in [1.29, 1.82) is 0 Å². The Labute approximate surface area is 80.5 Å². The first kappa shape index (κ1) is 8.51. The Kier molecular flexibility index (Phi) is 2.66. The van der Waals surface area contributed by atoms with Gasteiger partial charge in [-0.05, 0) is 6.07 Å². The largest absolute Gasteiger partial charge is 0.378 e. The molecule has 4 heteroatoms. The number of thiophene rings is 1. The first-order chi connectivity index (χ1) is 5.84. The molecule has 1 N–H and O–H groups in total. The number of halogens is 1. The Morgan fingerprint density at radius 1 is 1.67 bits per heavy atom. The molecule has 1 aliphatic rings. The van der Waals surface area contributed by atoms with Gasteiger partial charge in [0.2, 0.25) is 0 Å². The van der Waals surface area contributed by atoms with Crippen molar-refractivity contribution in [2.75, 3.05) is 13.2 Å². The van der Waals surface area contributed by atoms with Gasteiger partial charge in [-0.1, -0.05) is 11.6 Å². The van der Waals surface area contributed by atoms with E-state index >= 15 is 0 Å². The summed E-state index contributed by atoms with van der Waals surface area (Å²) >= 11 is 7.47. The van der Waals surface area contributed by atoms with Gasteiger partial charge in [-0.2, -0.15) is 0 Å². The van der Waals surface area contributed by atoms with Gasteiger partial charge in [0, 0.05) is 16.8 Å². The highest BCUT2D eigenvalue weighted by Gasteiger charge is 2.16. The fraction of sp³-hybridized carbons (Fsp3) is 0.500. The maximum atomic E-state index is 5.78. The number of hydrogen-bond acceptors (Lipinski definition) is 3. The van der Waals surface area contributed by atoms with Crippen molar-refractivity contribution in [2.45, 2.75) is 12.6 Å².